The number of hydrogen-bond acceptors (Lipinski definition) is 3. The lowest BCUT2D eigenvalue weighted by molar-refractivity contribution is 0.0692. The van der Waals surface area contributed by atoms with Gasteiger partial charge in [0.2, 0.25) is 0 Å². The van der Waals surface area contributed by atoms with Crippen LogP contribution in [0.1, 0.15) is 87.5 Å². The Bertz CT molecular complexity index is 360. The van der Waals surface area contributed by atoms with Crippen LogP contribution in [0, 0.1) is 0 Å². The minimum Gasteiger partial charge on any atom is -0.381 e. The molecule has 0 saturated carbocycles. The summed E-state index contributed by atoms with van der Waals surface area (Å²) in [5.74, 6) is 0. The number of ether oxygens (including phenoxy) is 3. The zero-order chi connectivity index (χ0) is 19.1. The highest BCUT2D eigenvalue weighted by molar-refractivity contribution is 5.07. The van der Waals surface area contributed by atoms with E-state index in [-0.39, 0.29) is 29.7 Å². The van der Waals surface area contributed by atoms with Crippen molar-refractivity contribution in [2.24, 2.45) is 0 Å². The van der Waals surface area contributed by atoms with Crippen LogP contribution < -0.4 is 0 Å². The van der Waals surface area contributed by atoms with Crippen LogP contribution in [-0.4, -0.2) is 33.2 Å². The fraction of sp³-hybridized carbons (Fsp3) is 0.643. The molecule has 2 heterocycles. The van der Waals surface area contributed by atoms with Crippen LogP contribution in [0.5, 0.6) is 0 Å². The molecule has 0 aromatic rings. The number of hydrogen-bond donors (Lipinski definition) is 0. The van der Waals surface area contributed by atoms with Gasteiger partial charge in [-0.15, -0.1) is 0 Å². The summed E-state index contributed by atoms with van der Waals surface area (Å²) >= 11 is 0. The standard InChI is InChI=1S/2C6H8.C5H8.C4H8O.C3H6O2.4CH4/c2*1-2-4-6-5-3-1;2*1-2-4-5-3-1;1-2-5-3-4-1;;;;/h2*1-4H,5-6H2;1-2H,3-5H2;1-4H2;1-3H2;4*1H4. The Morgan fingerprint density at radius 3 is 0.871 bits per heavy atom. The lowest BCUT2D eigenvalue weighted by Gasteiger charge is -1.88. The van der Waals surface area contributed by atoms with E-state index in [2.05, 4.69) is 60.8 Å². The van der Waals surface area contributed by atoms with Crippen molar-refractivity contribution < 1.29 is 14.2 Å². The molecular weight excluding hydrogens is 384 g/mol. The van der Waals surface area contributed by atoms with Crippen LogP contribution in [0.3, 0.4) is 0 Å². The van der Waals surface area contributed by atoms with Gasteiger partial charge in [0, 0.05) is 13.2 Å². The van der Waals surface area contributed by atoms with Gasteiger partial charge < -0.3 is 14.2 Å². The van der Waals surface area contributed by atoms with Gasteiger partial charge >= 0.3 is 0 Å². The third-order valence-corrected chi connectivity index (χ3v) is 4.04. The largest absolute Gasteiger partial charge is 0.381 e. The molecule has 3 aliphatic carbocycles. The van der Waals surface area contributed by atoms with E-state index in [0.717, 1.165) is 26.4 Å². The van der Waals surface area contributed by atoms with Gasteiger partial charge in [0.1, 0.15) is 6.79 Å². The normalized spacial score (nSPS) is 18.3. The van der Waals surface area contributed by atoms with Crippen molar-refractivity contribution in [1.29, 1.82) is 0 Å². The highest BCUT2D eigenvalue weighted by atomic mass is 16.7. The first-order valence-corrected chi connectivity index (χ1v) is 10.5. The lowest BCUT2D eigenvalue weighted by atomic mass is 10.2. The van der Waals surface area contributed by atoms with E-state index in [0.29, 0.717) is 6.79 Å². The van der Waals surface area contributed by atoms with Crippen LogP contribution in [0.15, 0.2) is 60.8 Å². The summed E-state index contributed by atoms with van der Waals surface area (Å²) in [7, 11) is 0. The molecule has 0 unspecified atom stereocenters. The zero-order valence-electron chi connectivity index (χ0n) is 16.9. The van der Waals surface area contributed by atoms with Crippen molar-refractivity contribution in [2.45, 2.75) is 87.5 Å². The summed E-state index contributed by atoms with van der Waals surface area (Å²) < 4.78 is 14.4. The summed E-state index contributed by atoms with van der Waals surface area (Å²) in [6, 6.07) is 0. The van der Waals surface area contributed by atoms with Crippen molar-refractivity contribution in [3.8, 4) is 0 Å². The number of allylic oxidation sites excluding steroid dienone is 10. The predicted molar refractivity (Wildman–Crippen MR) is 142 cm³/mol. The second-order valence-electron chi connectivity index (χ2n) is 6.52. The molecule has 0 radical (unpaired) electrons. The SMILES string of the molecule is C.C.C.C.C1=CCCC1.C1=CCCC=C1.C1=CCCC=C1.C1CCOC1.C1COCO1. The Hall–Kier alpha value is -1.42. The van der Waals surface area contributed by atoms with E-state index in [1.165, 1.54) is 57.8 Å². The maximum absolute atomic E-state index is 4.94. The molecule has 0 amide bonds. The Morgan fingerprint density at radius 2 is 0.742 bits per heavy atom. The minimum absolute atomic E-state index is 0. The second-order valence-corrected chi connectivity index (χ2v) is 6.52. The molecule has 2 aliphatic heterocycles. The molecule has 3 nitrogen and oxygen atoms in total. The highest BCUT2D eigenvalue weighted by Crippen LogP contribution is 2.05. The summed E-state index contributed by atoms with van der Waals surface area (Å²) in [6.07, 6.45) is 33.1. The third kappa shape index (κ3) is 30.9. The van der Waals surface area contributed by atoms with Crippen LogP contribution in [-0.2, 0) is 14.2 Å². The molecule has 0 N–H and O–H groups in total. The summed E-state index contributed by atoms with van der Waals surface area (Å²) in [6.45, 7) is 4.06. The van der Waals surface area contributed by atoms with Gasteiger partial charge in [-0.05, 0) is 57.8 Å². The fourth-order valence-corrected chi connectivity index (χ4v) is 2.48. The van der Waals surface area contributed by atoms with E-state index in [9.17, 15) is 0 Å². The molecule has 0 bridgehead atoms. The molecule has 2 saturated heterocycles. The molecular formula is C28H54O3. The first-order chi connectivity index (χ1) is 13.5. The van der Waals surface area contributed by atoms with Crippen molar-refractivity contribution in [3.63, 3.8) is 0 Å². The molecule has 3 heteroatoms. The van der Waals surface area contributed by atoms with E-state index in [4.69, 9.17) is 14.2 Å². The molecule has 5 rings (SSSR count). The highest BCUT2D eigenvalue weighted by Gasteiger charge is 1.95. The van der Waals surface area contributed by atoms with E-state index >= 15 is 0 Å². The van der Waals surface area contributed by atoms with Crippen LogP contribution in [0.4, 0.5) is 0 Å². The topological polar surface area (TPSA) is 27.7 Å². The van der Waals surface area contributed by atoms with Gasteiger partial charge in [-0.3, -0.25) is 0 Å². The van der Waals surface area contributed by atoms with Crippen molar-refractivity contribution in [1.82, 2.24) is 0 Å². The van der Waals surface area contributed by atoms with E-state index in [1.54, 1.807) is 0 Å². The van der Waals surface area contributed by atoms with E-state index in [1.807, 2.05) is 0 Å². The average molecular weight is 439 g/mol. The second kappa shape index (κ2) is 33.2. The van der Waals surface area contributed by atoms with E-state index < -0.39 is 0 Å². The van der Waals surface area contributed by atoms with Gasteiger partial charge in [0.05, 0.1) is 13.2 Å². The maximum Gasteiger partial charge on any atom is 0.146 e. The first-order valence-electron chi connectivity index (χ1n) is 10.5. The monoisotopic (exact) mass is 438 g/mol. The van der Waals surface area contributed by atoms with Crippen molar-refractivity contribution >= 4 is 0 Å². The maximum atomic E-state index is 4.94. The molecule has 0 aromatic carbocycles. The molecule has 5 aliphatic rings. The Balaban J connectivity index is -0.000000143. The Labute approximate surface area is 196 Å². The quantitative estimate of drug-likeness (QED) is 0.353. The van der Waals surface area contributed by atoms with Gasteiger partial charge in [-0.1, -0.05) is 90.5 Å². The summed E-state index contributed by atoms with van der Waals surface area (Å²) in [4.78, 5) is 0. The predicted octanol–water partition coefficient (Wildman–Crippen LogP) is 8.84. The van der Waals surface area contributed by atoms with Crippen molar-refractivity contribution in [3.05, 3.63) is 60.8 Å². The summed E-state index contributed by atoms with van der Waals surface area (Å²) in [5, 5.41) is 0. The zero-order valence-corrected chi connectivity index (χ0v) is 16.9. The average Bonchev–Trinajstić information content (AvgIpc) is 3.58. The van der Waals surface area contributed by atoms with Gasteiger partial charge in [-0.25, -0.2) is 0 Å². The Kier molecular flexibility index (Phi) is 39.6. The van der Waals surface area contributed by atoms with Gasteiger partial charge in [0.25, 0.3) is 0 Å². The van der Waals surface area contributed by atoms with Crippen LogP contribution in [0.2, 0.25) is 0 Å². The summed E-state index contributed by atoms with van der Waals surface area (Å²) in [5.41, 5.74) is 0. The van der Waals surface area contributed by atoms with Gasteiger partial charge in [-0.2, -0.15) is 0 Å². The van der Waals surface area contributed by atoms with Gasteiger partial charge in [0.15, 0.2) is 0 Å². The third-order valence-electron chi connectivity index (χ3n) is 4.04. The molecule has 0 atom stereocenters. The van der Waals surface area contributed by atoms with Crippen LogP contribution in [0.25, 0.3) is 0 Å². The van der Waals surface area contributed by atoms with Crippen LogP contribution >= 0.6 is 0 Å². The fourth-order valence-electron chi connectivity index (χ4n) is 2.48. The molecule has 31 heavy (non-hydrogen) atoms. The van der Waals surface area contributed by atoms with Crippen molar-refractivity contribution in [2.75, 3.05) is 33.2 Å². The molecule has 0 spiro atoms. The molecule has 0 aromatic heterocycles. The first kappa shape index (κ1) is 36.9. The lowest BCUT2D eigenvalue weighted by Crippen LogP contribution is -1.79. The minimum atomic E-state index is 0. The molecule has 2 fully saturated rings. The Morgan fingerprint density at radius 1 is 0.355 bits per heavy atom. The molecule has 184 valence electrons. The smallest absolute Gasteiger partial charge is 0.146 e. The number of rotatable bonds is 0.